The van der Waals surface area contributed by atoms with E-state index >= 15 is 4.79 Å². The van der Waals surface area contributed by atoms with Crippen molar-refractivity contribution >= 4 is 62.6 Å². The van der Waals surface area contributed by atoms with Crippen molar-refractivity contribution in [3.8, 4) is 22.6 Å². The molecule has 7 aromatic rings. The summed E-state index contributed by atoms with van der Waals surface area (Å²) in [6.07, 6.45) is 2.81. The Morgan fingerprint density at radius 1 is 0.918 bits per heavy atom. The van der Waals surface area contributed by atoms with E-state index in [1.807, 2.05) is 94.0 Å². The Kier molecular flexibility index (Phi) is 11.6. The molecule has 1 aliphatic heterocycles. The summed E-state index contributed by atoms with van der Waals surface area (Å²) in [5.41, 5.74) is 9.57. The van der Waals surface area contributed by atoms with Crippen molar-refractivity contribution in [2.24, 2.45) is 7.05 Å². The van der Waals surface area contributed by atoms with E-state index in [2.05, 4.69) is 16.5 Å². The Morgan fingerprint density at radius 2 is 1.66 bits per heavy atom. The molecule has 316 valence electrons. The number of aromatic carboxylic acids is 1. The minimum absolute atomic E-state index is 0.0656. The average molecular weight is 864 g/mol. The van der Waals surface area contributed by atoms with E-state index in [1.54, 1.807) is 28.8 Å². The Bertz CT molecular complexity index is 2820. The molecular formula is C47H48Cl2N6O6. The number of carboxylic acid groups (broad SMARTS) is 1. The van der Waals surface area contributed by atoms with Gasteiger partial charge in [0, 0.05) is 71.6 Å². The molecule has 8 rings (SSSR count). The Morgan fingerprint density at radius 3 is 2.33 bits per heavy atom. The van der Waals surface area contributed by atoms with Crippen molar-refractivity contribution in [1.82, 2.24) is 23.9 Å². The van der Waals surface area contributed by atoms with Gasteiger partial charge >= 0.3 is 5.97 Å². The van der Waals surface area contributed by atoms with Gasteiger partial charge in [0.25, 0.3) is 5.91 Å². The number of anilines is 1. The van der Waals surface area contributed by atoms with Gasteiger partial charge in [0.1, 0.15) is 29.5 Å². The molecule has 0 saturated heterocycles. The Hall–Kier alpha value is -5.82. The van der Waals surface area contributed by atoms with Crippen LogP contribution in [-0.4, -0.2) is 74.4 Å². The van der Waals surface area contributed by atoms with Crippen molar-refractivity contribution in [3.05, 3.63) is 122 Å². The molecule has 4 aromatic heterocycles. The van der Waals surface area contributed by atoms with Gasteiger partial charge in [-0.2, -0.15) is 5.10 Å². The van der Waals surface area contributed by atoms with E-state index in [1.165, 1.54) is 0 Å². The van der Waals surface area contributed by atoms with Crippen LogP contribution in [-0.2, 0) is 24.8 Å². The molecule has 14 heteroatoms. The number of halogens is 2. The lowest BCUT2D eigenvalue weighted by Crippen LogP contribution is -2.43. The van der Waals surface area contributed by atoms with Gasteiger partial charge in [0.2, 0.25) is 0 Å². The van der Waals surface area contributed by atoms with Crippen LogP contribution in [0, 0.1) is 27.7 Å². The maximum Gasteiger partial charge on any atom is 0.352 e. The number of aryl methyl sites for hydroxylation is 5. The van der Waals surface area contributed by atoms with Gasteiger partial charge in [-0.15, -0.1) is 0 Å². The van der Waals surface area contributed by atoms with Crippen LogP contribution >= 0.6 is 23.2 Å². The highest BCUT2D eigenvalue weighted by Crippen LogP contribution is 2.46. The summed E-state index contributed by atoms with van der Waals surface area (Å²) in [6.45, 7) is 11.5. The van der Waals surface area contributed by atoms with Crippen LogP contribution in [0.3, 0.4) is 0 Å². The summed E-state index contributed by atoms with van der Waals surface area (Å²) in [4.78, 5) is 34.8. The molecule has 3 aromatic carbocycles. The van der Waals surface area contributed by atoms with Gasteiger partial charge in [0.05, 0.1) is 52.9 Å². The van der Waals surface area contributed by atoms with E-state index in [4.69, 9.17) is 42.5 Å². The molecule has 1 atom stereocenters. The van der Waals surface area contributed by atoms with E-state index < -0.39 is 5.97 Å². The predicted octanol–water partition coefficient (Wildman–Crippen LogP) is 9.94. The zero-order chi connectivity index (χ0) is 43.3. The van der Waals surface area contributed by atoms with Crippen LogP contribution < -0.4 is 14.4 Å². The summed E-state index contributed by atoms with van der Waals surface area (Å²) < 4.78 is 23.4. The number of methoxy groups -OCH3 is 1. The molecule has 0 saturated carbocycles. The second-order valence-electron chi connectivity index (χ2n) is 15.7. The average Bonchev–Trinajstić information content (AvgIpc) is 3.85. The van der Waals surface area contributed by atoms with E-state index in [0.29, 0.717) is 64.8 Å². The topological polar surface area (TPSA) is 126 Å². The molecule has 0 aliphatic carbocycles. The Labute approximate surface area is 364 Å². The summed E-state index contributed by atoms with van der Waals surface area (Å²) >= 11 is 13.6. The van der Waals surface area contributed by atoms with Crippen molar-refractivity contribution in [2.75, 3.05) is 38.4 Å². The lowest BCUT2D eigenvalue weighted by atomic mass is 9.98. The predicted molar refractivity (Wildman–Crippen MR) is 239 cm³/mol. The molecule has 12 nitrogen and oxygen atoms in total. The fraction of sp³-hybridized carbons (Fsp3) is 0.319. The number of carbonyl (C=O) groups is 2. The number of ether oxygens (including phenoxy) is 3. The van der Waals surface area contributed by atoms with Crippen molar-refractivity contribution < 1.29 is 28.9 Å². The maximum atomic E-state index is 15.6. The molecule has 1 aliphatic rings. The normalized spacial score (nSPS) is 14.0. The second-order valence-corrected chi connectivity index (χ2v) is 16.5. The van der Waals surface area contributed by atoms with Gasteiger partial charge < -0.3 is 33.4 Å². The molecule has 0 spiro atoms. The molecule has 0 bridgehead atoms. The zero-order valence-corrected chi connectivity index (χ0v) is 36.8. The first-order valence-corrected chi connectivity index (χ1v) is 21.0. The summed E-state index contributed by atoms with van der Waals surface area (Å²) in [7, 11) is 3.51. The van der Waals surface area contributed by atoms with E-state index in [-0.39, 0.29) is 37.3 Å². The first kappa shape index (κ1) is 41.9. The van der Waals surface area contributed by atoms with Crippen LogP contribution in [0.2, 0.25) is 10.0 Å². The number of benzene rings is 3. The highest BCUT2D eigenvalue weighted by Gasteiger charge is 2.38. The number of nitrogens with zero attached hydrogens (tertiary/aromatic N) is 6. The monoisotopic (exact) mass is 862 g/mol. The number of rotatable bonds is 14. The number of hydrogen-bond acceptors (Lipinski definition) is 7. The maximum absolute atomic E-state index is 15.6. The fourth-order valence-electron chi connectivity index (χ4n) is 8.83. The quantitative estimate of drug-likeness (QED) is 0.107. The molecule has 5 heterocycles. The zero-order valence-electron chi connectivity index (χ0n) is 35.3. The third-order valence-electron chi connectivity index (χ3n) is 11.6. The first-order chi connectivity index (χ1) is 29.3. The van der Waals surface area contributed by atoms with Crippen molar-refractivity contribution in [1.29, 1.82) is 0 Å². The standard InChI is InChI=1S/C47H48Cl2N6O6/c1-26-19-33(20-27(2)42(26)49)60-16-10-12-35-36-13-14-37(48)41(40-29(4)51-52(6)30(40)5)44(36)55-28(3)24-54(46(56)45(35)55)38-23-34(61-18-17-59-7)21-31-22-39(47(57)58)53(43(31)38)25-32-11-8-9-15-50-32/h8-9,11,13-15,19-23,28H,10,12,16-18,24-25H2,1-7H3,(H,57,58)/t28-/m1/s1. The van der Waals surface area contributed by atoms with Gasteiger partial charge in [-0.3, -0.25) is 14.5 Å². The third kappa shape index (κ3) is 7.62. The van der Waals surface area contributed by atoms with Gasteiger partial charge in [-0.1, -0.05) is 35.3 Å². The number of amides is 1. The first-order valence-electron chi connectivity index (χ1n) is 20.3. The second kappa shape index (κ2) is 16.9. The highest BCUT2D eigenvalue weighted by atomic mass is 35.5. The number of pyridine rings is 1. The summed E-state index contributed by atoms with van der Waals surface area (Å²) in [6, 6.07) is 18.4. The van der Waals surface area contributed by atoms with Crippen LogP contribution in [0.5, 0.6) is 11.5 Å². The molecule has 1 amide bonds. The van der Waals surface area contributed by atoms with Crippen LogP contribution in [0.1, 0.15) is 74.1 Å². The lowest BCUT2D eigenvalue weighted by Gasteiger charge is -2.35. The van der Waals surface area contributed by atoms with Gasteiger partial charge in [-0.25, -0.2) is 4.79 Å². The number of carbonyl (C=O) groups excluding carboxylic acids is 1. The number of hydrogen-bond donors (Lipinski definition) is 1. The van der Waals surface area contributed by atoms with E-state index in [9.17, 15) is 9.90 Å². The SMILES string of the molecule is COCCOc1cc(N2C[C@@H](C)n3c(c(CCCOc4cc(C)c(Cl)c(C)c4)c4ccc(Cl)c(-c5c(C)nn(C)c5C)c43)C2=O)c2c(c1)cc(C(=O)O)n2Cc1ccccn1. The molecule has 61 heavy (non-hydrogen) atoms. The van der Waals surface area contributed by atoms with Gasteiger partial charge in [0.15, 0.2) is 0 Å². The number of aromatic nitrogens is 5. The summed E-state index contributed by atoms with van der Waals surface area (Å²) in [5.74, 6) is -0.104. The molecule has 0 unspecified atom stereocenters. The smallest absolute Gasteiger partial charge is 0.352 e. The van der Waals surface area contributed by atoms with Crippen LogP contribution in [0.15, 0.2) is 66.9 Å². The third-order valence-corrected chi connectivity index (χ3v) is 12.5. The minimum atomic E-state index is -1.10. The molecular weight excluding hydrogens is 815 g/mol. The van der Waals surface area contributed by atoms with Crippen molar-refractivity contribution in [3.63, 3.8) is 0 Å². The fourth-order valence-corrected chi connectivity index (χ4v) is 9.18. The lowest BCUT2D eigenvalue weighted by molar-refractivity contribution is 0.0686. The largest absolute Gasteiger partial charge is 0.494 e. The minimum Gasteiger partial charge on any atom is -0.494 e. The number of fused-ring (bicyclic) bond motifs is 4. The molecule has 0 radical (unpaired) electrons. The summed E-state index contributed by atoms with van der Waals surface area (Å²) in [5, 5.41) is 18.1. The molecule has 1 N–H and O–H groups in total. The van der Waals surface area contributed by atoms with Crippen molar-refractivity contribution in [2.45, 2.75) is 60.0 Å². The van der Waals surface area contributed by atoms with E-state index in [0.717, 1.165) is 60.9 Å². The number of carboxylic acids is 1. The highest BCUT2D eigenvalue weighted by molar-refractivity contribution is 6.35. The Balaban J connectivity index is 1.31. The molecule has 0 fully saturated rings. The van der Waals surface area contributed by atoms with Crippen LogP contribution in [0.4, 0.5) is 5.69 Å². The van der Waals surface area contributed by atoms with Gasteiger partial charge in [-0.05, 0) is 107 Å². The van der Waals surface area contributed by atoms with Crippen LogP contribution in [0.25, 0.3) is 32.9 Å².